The Kier molecular flexibility index (Phi) is 7.85. The van der Waals surface area contributed by atoms with Crippen LogP contribution in [0.4, 0.5) is 11.4 Å². The summed E-state index contributed by atoms with van der Waals surface area (Å²) in [7, 11) is -1.67. The van der Waals surface area contributed by atoms with E-state index in [4.69, 9.17) is 0 Å². The van der Waals surface area contributed by atoms with Crippen molar-refractivity contribution in [2.45, 2.75) is 37.2 Å². The molecule has 1 heterocycles. The predicted molar refractivity (Wildman–Crippen MR) is 140 cm³/mol. The minimum absolute atomic E-state index is 0.0961. The molecule has 3 aromatic carbocycles. The highest BCUT2D eigenvalue weighted by Gasteiger charge is 2.21. The number of piperidine rings is 1. The van der Waals surface area contributed by atoms with Crippen molar-refractivity contribution in [2.24, 2.45) is 0 Å². The number of hydrogen-bond acceptors (Lipinski definition) is 5. The molecule has 1 aliphatic heterocycles. The summed E-state index contributed by atoms with van der Waals surface area (Å²) in [6.45, 7) is 3.96. The monoisotopic (exact) mass is 492 g/mol. The predicted octanol–water partition coefficient (Wildman–Crippen LogP) is 4.23. The van der Waals surface area contributed by atoms with Gasteiger partial charge in [0.1, 0.15) is 0 Å². The fourth-order valence-corrected chi connectivity index (χ4v) is 5.45. The molecule has 8 heteroatoms. The summed E-state index contributed by atoms with van der Waals surface area (Å²) in [6.07, 6.45) is 2.07. The largest absolute Gasteiger partial charge is 0.381 e. The Hall–Kier alpha value is -3.20. The molecule has 35 heavy (non-hydrogen) atoms. The second-order valence-electron chi connectivity index (χ2n) is 9.01. The lowest BCUT2D eigenvalue weighted by molar-refractivity contribution is 0.102. The van der Waals surface area contributed by atoms with Gasteiger partial charge < -0.3 is 15.5 Å². The molecule has 4 rings (SSSR count). The van der Waals surface area contributed by atoms with E-state index >= 15 is 0 Å². The van der Waals surface area contributed by atoms with E-state index in [0.29, 0.717) is 17.3 Å². The van der Waals surface area contributed by atoms with Crippen molar-refractivity contribution in [1.82, 2.24) is 9.62 Å². The van der Waals surface area contributed by atoms with E-state index in [1.165, 1.54) is 6.07 Å². The molecule has 0 atom stereocenters. The third kappa shape index (κ3) is 6.48. The summed E-state index contributed by atoms with van der Waals surface area (Å²) in [6, 6.07) is 22.0. The highest BCUT2D eigenvalue weighted by atomic mass is 32.2. The number of anilines is 2. The van der Waals surface area contributed by atoms with Crippen LogP contribution in [-0.2, 0) is 16.6 Å². The number of amides is 1. The van der Waals surface area contributed by atoms with Crippen molar-refractivity contribution in [3.8, 4) is 0 Å². The van der Waals surface area contributed by atoms with Crippen LogP contribution in [-0.4, -0.2) is 45.4 Å². The quantitative estimate of drug-likeness (QED) is 0.438. The molecular weight excluding hydrogens is 460 g/mol. The zero-order valence-electron chi connectivity index (χ0n) is 20.1. The van der Waals surface area contributed by atoms with Crippen LogP contribution < -0.4 is 15.4 Å². The Morgan fingerprint density at radius 1 is 0.943 bits per heavy atom. The number of nitrogens with one attached hydrogen (secondary N) is 3. The van der Waals surface area contributed by atoms with Gasteiger partial charge in [-0.25, -0.2) is 13.1 Å². The molecule has 0 aliphatic carbocycles. The molecule has 0 bridgehead atoms. The maximum atomic E-state index is 13.1. The normalized spacial score (nSPS) is 15.0. The molecule has 0 spiro atoms. The van der Waals surface area contributed by atoms with Crippen LogP contribution in [0, 0.1) is 6.92 Å². The first-order chi connectivity index (χ1) is 16.8. The topological polar surface area (TPSA) is 90.5 Å². The third-order valence-corrected chi connectivity index (χ3v) is 7.85. The van der Waals surface area contributed by atoms with Gasteiger partial charge in [-0.1, -0.05) is 48.5 Å². The average Bonchev–Trinajstić information content (AvgIpc) is 2.86. The second kappa shape index (κ2) is 11.0. The molecule has 184 valence electrons. The maximum absolute atomic E-state index is 13.1. The molecule has 1 saturated heterocycles. The van der Waals surface area contributed by atoms with Crippen LogP contribution in [0.25, 0.3) is 0 Å². The molecule has 1 fully saturated rings. The van der Waals surface area contributed by atoms with Gasteiger partial charge in [-0.3, -0.25) is 4.79 Å². The van der Waals surface area contributed by atoms with Gasteiger partial charge in [0.15, 0.2) is 0 Å². The number of likely N-dealkylation sites (tertiary alicyclic amines) is 1. The van der Waals surface area contributed by atoms with Gasteiger partial charge in [0.25, 0.3) is 5.91 Å². The zero-order valence-corrected chi connectivity index (χ0v) is 20.9. The maximum Gasteiger partial charge on any atom is 0.255 e. The van der Waals surface area contributed by atoms with Crippen molar-refractivity contribution >= 4 is 27.3 Å². The number of aryl methyl sites for hydroxylation is 1. The molecular formula is C27H32N4O3S. The van der Waals surface area contributed by atoms with Gasteiger partial charge in [-0.05, 0) is 75.3 Å². The van der Waals surface area contributed by atoms with E-state index in [0.717, 1.165) is 37.2 Å². The highest BCUT2D eigenvalue weighted by Crippen LogP contribution is 2.26. The summed E-state index contributed by atoms with van der Waals surface area (Å²) < 4.78 is 28.6. The lowest BCUT2D eigenvalue weighted by Crippen LogP contribution is -2.36. The van der Waals surface area contributed by atoms with Gasteiger partial charge in [0.05, 0.1) is 16.3 Å². The number of benzene rings is 3. The summed E-state index contributed by atoms with van der Waals surface area (Å²) in [5.74, 6) is -0.359. The van der Waals surface area contributed by atoms with Crippen LogP contribution in [0.5, 0.6) is 0 Å². The molecule has 0 radical (unpaired) electrons. The number of sulfonamides is 1. The third-order valence-electron chi connectivity index (χ3n) is 6.30. The minimum atomic E-state index is -3.80. The molecule has 1 aliphatic rings. The minimum Gasteiger partial charge on any atom is -0.381 e. The standard InChI is InChI=1S/C27H32N4O3S/c1-20-12-13-22(18-26(20)35(33,34)28-19-21-8-4-3-5-9-21)27(32)30-25-11-7-6-10-24(25)29-23-14-16-31(2)17-15-23/h3-13,18,23,28-29H,14-17,19H2,1-2H3,(H,30,32). The lowest BCUT2D eigenvalue weighted by atomic mass is 10.0. The van der Waals surface area contributed by atoms with Crippen LogP contribution in [0.15, 0.2) is 77.7 Å². The van der Waals surface area contributed by atoms with Gasteiger partial charge in [-0.15, -0.1) is 0 Å². The van der Waals surface area contributed by atoms with E-state index in [9.17, 15) is 13.2 Å². The van der Waals surface area contributed by atoms with Crippen LogP contribution in [0.2, 0.25) is 0 Å². The molecule has 7 nitrogen and oxygen atoms in total. The lowest BCUT2D eigenvalue weighted by Gasteiger charge is -2.30. The number of rotatable bonds is 8. The number of hydrogen-bond donors (Lipinski definition) is 3. The summed E-state index contributed by atoms with van der Waals surface area (Å²) >= 11 is 0. The van der Waals surface area contributed by atoms with Gasteiger partial charge in [-0.2, -0.15) is 0 Å². The Morgan fingerprint density at radius 2 is 1.60 bits per heavy atom. The van der Waals surface area contributed by atoms with Crippen molar-refractivity contribution < 1.29 is 13.2 Å². The van der Waals surface area contributed by atoms with Gasteiger partial charge in [0.2, 0.25) is 10.0 Å². The Morgan fingerprint density at radius 3 is 2.31 bits per heavy atom. The number of para-hydroxylation sites is 2. The van der Waals surface area contributed by atoms with Crippen LogP contribution in [0.1, 0.15) is 34.3 Å². The van der Waals surface area contributed by atoms with Crippen molar-refractivity contribution in [2.75, 3.05) is 30.8 Å². The summed E-state index contributed by atoms with van der Waals surface area (Å²) in [4.78, 5) is 15.5. The second-order valence-corrected chi connectivity index (χ2v) is 10.7. The smallest absolute Gasteiger partial charge is 0.255 e. The van der Waals surface area contributed by atoms with Crippen molar-refractivity contribution in [3.63, 3.8) is 0 Å². The Labute approximate surface area is 207 Å². The van der Waals surface area contributed by atoms with E-state index in [1.807, 2.05) is 54.6 Å². The SMILES string of the molecule is Cc1ccc(C(=O)Nc2ccccc2NC2CCN(C)CC2)cc1S(=O)(=O)NCc1ccccc1. The molecule has 1 amide bonds. The summed E-state index contributed by atoms with van der Waals surface area (Å²) in [5, 5.41) is 6.51. The van der Waals surface area contributed by atoms with E-state index in [-0.39, 0.29) is 22.9 Å². The summed E-state index contributed by atoms with van der Waals surface area (Å²) in [5.41, 5.74) is 3.25. The zero-order chi connectivity index (χ0) is 24.8. The first-order valence-electron chi connectivity index (χ1n) is 11.8. The molecule has 3 aromatic rings. The Bertz CT molecular complexity index is 1270. The first-order valence-corrected chi connectivity index (χ1v) is 13.3. The molecule has 3 N–H and O–H groups in total. The average molecular weight is 493 g/mol. The highest BCUT2D eigenvalue weighted by molar-refractivity contribution is 7.89. The molecule has 0 saturated carbocycles. The first kappa shape index (κ1) is 24.9. The van der Waals surface area contributed by atoms with Gasteiger partial charge in [0, 0.05) is 18.2 Å². The van der Waals surface area contributed by atoms with E-state index < -0.39 is 10.0 Å². The van der Waals surface area contributed by atoms with E-state index in [1.54, 1.807) is 19.1 Å². The van der Waals surface area contributed by atoms with Crippen LogP contribution >= 0.6 is 0 Å². The number of carbonyl (C=O) groups is 1. The van der Waals surface area contributed by atoms with Crippen molar-refractivity contribution in [1.29, 1.82) is 0 Å². The Balaban J connectivity index is 1.48. The molecule has 0 aromatic heterocycles. The fraction of sp³-hybridized carbons (Fsp3) is 0.296. The van der Waals surface area contributed by atoms with Crippen molar-refractivity contribution in [3.05, 3.63) is 89.5 Å². The van der Waals surface area contributed by atoms with Crippen LogP contribution in [0.3, 0.4) is 0 Å². The van der Waals surface area contributed by atoms with E-state index in [2.05, 4.69) is 27.3 Å². The van der Waals surface area contributed by atoms with Gasteiger partial charge >= 0.3 is 0 Å². The molecule has 0 unspecified atom stereocenters. The number of carbonyl (C=O) groups excluding carboxylic acids is 1. The number of nitrogens with zero attached hydrogens (tertiary/aromatic N) is 1. The fourth-order valence-electron chi connectivity index (χ4n) is 4.17.